The number of carboxylic acids is 1. The Bertz CT molecular complexity index is 513. The van der Waals surface area contributed by atoms with Crippen molar-refractivity contribution in [3.63, 3.8) is 0 Å². The van der Waals surface area contributed by atoms with Crippen molar-refractivity contribution in [2.75, 3.05) is 0 Å². The number of nitrogens with two attached hydrogens (primary N) is 1. The first-order chi connectivity index (χ1) is 9.92. The third-order valence-electron chi connectivity index (χ3n) is 4.45. The summed E-state index contributed by atoms with van der Waals surface area (Å²) >= 11 is 0. The first-order valence-electron chi connectivity index (χ1n) is 7.34. The molecule has 1 fully saturated rings. The van der Waals surface area contributed by atoms with Gasteiger partial charge in [0, 0.05) is 11.6 Å². The Balaban J connectivity index is 2.19. The van der Waals surface area contributed by atoms with E-state index < -0.39 is 29.1 Å². The maximum Gasteiger partial charge on any atom is 0.303 e. The summed E-state index contributed by atoms with van der Waals surface area (Å²) in [5, 5.41) is 9.14. The Morgan fingerprint density at radius 3 is 2.57 bits per heavy atom. The molecule has 1 unspecified atom stereocenters. The smallest absolute Gasteiger partial charge is 0.303 e. The molecule has 1 aliphatic carbocycles. The molecule has 1 aliphatic rings. The van der Waals surface area contributed by atoms with Crippen molar-refractivity contribution in [3.8, 4) is 0 Å². The van der Waals surface area contributed by atoms with Crippen LogP contribution >= 0.6 is 0 Å². The third-order valence-corrected chi connectivity index (χ3v) is 4.45. The standard InChI is InChI=1S/C16H21F2NO2/c17-11-4-5-13(18)12(8-11)14(19)9-16(10-15(20)21)6-2-1-3-7-16/h4-5,8,14H,1-3,6-7,9-10,19H2,(H,20,21). The van der Waals surface area contributed by atoms with Gasteiger partial charge < -0.3 is 10.8 Å². The molecule has 0 aliphatic heterocycles. The van der Waals surface area contributed by atoms with Gasteiger partial charge in [0.15, 0.2) is 0 Å². The lowest BCUT2D eigenvalue weighted by atomic mass is 9.67. The molecule has 0 spiro atoms. The van der Waals surface area contributed by atoms with Crippen LogP contribution < -0.4 is 5.73 Å². The van der Waals surface area contributed by atoms with Crippen molar-refractivity contribution in [1.29, 1.82) is 0 Å². The van der Waals surface area contributed by atoms with E-state index in [1.54, 1.807) is 0 Å². The molecular formula is C16H21F2NO2. The van der Waals surface area contributed by atoms with Gasteiger partial charge in [-0.3, -0.25) is 4.79 Å². The molecule has 116 valence electrons. The number of hydrogen-bond donors (Lipinski definition) is 2. The van der Waals surface area contributed by atoms with Crippen molar-refractivity contribution in [3.05, 3.63) is 35.4 Å². The minimum Gasteiger partial charge on any atom is -0.481 e. The average molecular weight is 297 g/mol. The predicted molar refractivity (Wildman–Crippen MR) is 75.7 cm³/mol. The number of hydrogen-bond acceptors (Lipinski definition) is 2. The average Bonchev–Trinajstić information content (AvgIpc) is 2.41. The van der Waals surface area contributed by atoms with Crippen molar-refractivity contribution >= 4 is 5.97 Å². The molecule has 1 aromatic carbocycles. The zero-order valence-electron chi connectivity index (χ0n) is 11.9. The summed E-state index contributed by atoms with van der Waals surface area (Å²) in [5.41, 5.74) is 5.79. The quantitative estimate of drug-likeness (QED) is 0.869. The van der Waals surface area contributed by atoms with E-state index in [9.17, 15) is 13.6 Å². The number of halogens is 2. The Morgan fingerprint density at radius 2 is 1.95 bits per heavy atom. The van der Waals surface area contributed by atoms with Crippen LogP contribution in [0.2, 0.25) is 0 Å². The first-order valence-corrected chi connectivity index (χ1v) is 7.34. The number of benzene rings is 1. The molecule has 0 bridgehead atoms. The molecule has 21 heavy (non-hydrogen) atoms. The lowest BCUT2D eigenvalue weighted by Gasteiger charge is -2.38. The van der Waals surface area contributed by atoms with E-state index in [2.05, 4.69) is 0 Å². The van der Waals surface area contributed by atoms with Crippen molar-refractivity contribution in [2.45, 2.75) is 51.0 Å². The van der Waals surface area contributed by atoms with Crippen LogP contribution in [0, 0.1) is 17.0 Å². The summed E-state index contributed by atoms with van der Waals surface area (Å²) < 4.78 is 27.1. The molecule has 2 rings (SSSR count). The van der Waals surface area contributed by atoms with E-state index in [1.807, 2.05) is 0 Å². The highest BCUT2D eigenvalue weighted by Crippen LogP contribution is 2.45. The predicted octanol–water partition coefficient (Wildman–Crippen LogP) is 3.78. The summed E-state index contributed by atoms with van der Waals surface area (Å²) in [6, 6.07) is 2.55. The molecule has 0 saturated heterocycles. The monoisotopic (exact) mass is 297 g/mol. The summed E-state index contributed by atoms with van der Waals surface area (Å²) in [4.78, 5) is 11.1. The molecule has 0 radical (unpaired) electrons. The fraction of sp³-hybridized carbons (Fsp3) is 0.562. The van der Waals surface area contributed by atoms with Crippen molar-refractivity contribution in [1.82, 2.24) is 0 Å². The van der Waals surface area contributed by atoms with Crippen LogP contribution in [0.25, 0.3) is 0 Å². The molecule has 0 aromatic heterocycles. The molecule has 3 N–H and O–H groups in total. The molecule has 1 atom stereocenters. The minimum absolute atomic E-state index is 0.0393. The lowest BCUT2D eigenvalue weighted by molar-refractivity contribution is -0.140. The van der Waals surface area contributed by atoms with Crippen molar-refractivity contribution in [2.24, 2.45) is 11.1 Å². The summed E-state index contributed by atoms with van der Waals surface area (Å²) in [6.07, 6.45) is 4.99. The number of carboxylic acid groups (broad SMARTS) is 1. The van der Waals surface area contributed by atoms with Crippen LogP contribution in [0.4, 0.5) is 8.78 Å². The van der Waals surface area contributed by atoms with Gasteiger partial charge >= 0.3 is 5.97 Å². The Hall–Kier alpha value is -1.49. The Labute approximate surface area is 123 Å². The lowest BCUT2D eigenvalue weighted by Crippen LogP contribution is -2.32. The van der Waals surface area contributed by atoms with E-state index in [1.165, 1.54) is 0 Å². The number of carbonyl (C=O) groups is 1. The number of rotatable bonds is 5. The zero-order chi connectivity index (χ0) is 15.5. The largest absolute Gasteiger partial charge is 0.481 e. The van der Waals surface area contributed by atoms with Gasteiger partial charge in [-0.2, -0.15) is 0 Å². The zero-order valence-corrected chi connectivity index (χ0v) is 11.9. The molecule has 0 amide bonds. The molecule has 0 heterocycles. The van der Waals surface area contributed by atoms with Crippen LogP contribution in [0.3, 0.4) is 0 Å². The molecule has 1 saturated carbocycles. The third kappa shape index (κ3) is 4.00. The Morgan fingerprint density at radius 1 is 1.29 bits per heavy atom. The van der Waals surface area contributed by atoms with Crippen LogP contribution in [-0.2, 0) is 4.79 Å². The van der Waals surface area contributed by atoms with Gasteiger partial charge in [0.1, 0.15) is 11.6 Å². The van der Waals surface area contributed by atoms with E-state index >= 15 is 0 Å². The SMILES string of the molecule is NC(CC1(CC(=O)O)CCCCC1)c1cc(F)ccc1F. The van der Waals surface area contributed by atoms with Gasteiger partial charge in [0.05, 0.1) is 6.42 Å². The highest BCUT2D eigenvalue weighted by Gasteiger charge is 2.36. The van der Waals surface area contributed by atoms with Gasteiger partial charge in [-0.15, -0.1) is 0 Å². The molecular weight excluding hydrogens is 276 g/mol. The Kier molecular flexibility index (Phi) is 4.93. The topological polar surface area (TPSA) is 63.3 Å². The highest BCUT2D eigenvalue weighted by molar-refractivity contribution is 5.67. The summed E-state index contributed by atoms with van der Waals surface area (Å²) in [7, 11) is 0. The van der Waals surface area contributed by atoms with Crippen LogP contribution in [0.1, 0.15) is 56.6 Å². The summed E-state index contributed by atoms with van der Waals surface area (Å²) in [5.74, 6) is -1.92. The van der Waals surface area contributed by atoms with Gasteiger partial charge in [0.25, 0.3) is 0 Å². The van der Waals surface area contributed by atoms with Crippen LogP contribution in [-0.4, -0.2) is 11.1 Å². The van der Waals surface area contributed by atoms with Crippen molar-refractivity contribution < 1.29 is 18.7 Å². The molecule has 1 aromatic rings. The fourth-order valence-electron chi connectivity index (χ4n) is 3.45. The fourth-order valence-corrected chi connectivity index (χ4v) is 3.45. The first kappa shape index (κ1) is 15.9. The van der Waals surface area contributed by atoms with Crippen LogP contribution in [0.5, 0.6) is 0 Å². The normalized spacial score (nSPS) is 19.2. The van der Waals surface area contributed by atoms with Gasteiger partial charge in [-0.1, -0.05) is 19.3 Å². The highest BCUT2D eigenvalue weighted by atomic mass is 19.1. The maximum absolute atomic E-state index is 13.8. The summed E-state index contributed by atoms with van der Waals surface area (Å²) in [6.45, 7) is 0. The molecule has 3 nitrogen and oxygen atoms in total. The van der Waals surface area contributed by atoms with Gasteiger partial charge in [0.2, 0.25) is 0 Å². The minimum atomic E-state index is -0.858. The second-order valence-corrected chi connectivity index (χ2v) is 6.11. The van der Waals surface area contributed by atoms with Gasteiger partial charge in [-0.25, -0.2) is 8.78 Å². The van der Waals surface area contributed by atoms with Gasteiger partial charge in [-0.05, 0) is 42.9 Å². The number of aliphatic carboxylic acids is 1. The van der Waals surface area contributed by atoms with E-state index in [4.69, 9.17) is 10.8 Å². The maximum atomic E-state index is 13.8. The molecule has 5 heteroatoms. The second-order valence-electron chi connectivity index (χ2n) is 6.11. The van der Waals surface area contributed by atoms with Crippen LogP contribution in [0.15, 0.2) is 18.2 Å². The van der Waals surface area contributed by atoms with E-state index in [0.29, 0.717) is 6.42 Å². The van der Waals surface area contributed by atoms with E-state index in [0.717, 1.165) is 50.3 Å². The van der Waals surface area contributed by atoms with E-state index in [-0.39, 0.29) is 12.0 Å². The second kappa shape index (κ2) is 6.52.